The monoisotopic (exact) mass is 308 g/mol. The summed E-state index contributed by atoms with van der Waals surface area (Å²) in [5, 5.41) is 2.98. The largest absolute Gasteiger partial charge is 0.493 e. The molecule has 1 aromatic rings. The average molecular weight is 308 g/mol. The van der Waals surface area contributed by atoms with Crippen molar-refractivity contribution in [3.8, 4) is 17.2 Å². The molecule has 1 amide bonds. The summed E-state index contributed by atoms with van der Waals surface area (Å²) in [6.45, 7) is 2.79. The van der Waals surface area contributed by atoms with Gasteiger partial charge in [-0.2, -0.15) is 0 Å². The Balaban J connectivity index is 2.08. The van der Waals surface area contributed by atoms with E-state index in [4.69, 9.17) is 14.2 Å². The number of ether oxygens (including phenoxy) is 3. The third-order valence-corrected chi connectivity index (χ3v) is 3.97. The van der Waals surface area contributed by atoms with Crippen LogP contribution in [0.4, 0.5) is 0 Å². The van der Waals surface area contributed by atoms with Gasteiger partial charge in [-0.05, 0) is 38.1 Å². The van der Waals surface area contributed by atoms with Gasteiger partial charge in [0.25, 0.3) is 5.91 Å². The van der Waals surface area contributed by atoms with Crippen molar-refractivity contribution in [1.29, 1.82) is 0 Å². The summed E-state index contributed by atoms with van der Waals surface area (Å²) in [5.41, 5.74) is 0.501. The highest BCUT2D eigenvalue weighted by molar-refractivity contribution is 5.95. The molecule has 0 aromatic heterocycles. The standard InChI is InChI=1S/C16H24N2O4/c1-18-6-5-11(10-18)9-17-16(19)12-7-13(20-2)15(22-4)14(8-12)21-3/h7-8,11H,5-6,9-10H2,1-4H3,(H,17,19). The van der Waals surface area contributed by atoms with Crippen molar-refractivity contribution in [3.05, 3.63) is 17.7 Å². The molecule has 0 aliphatic carbocycles. The fraction of sp³-hybridized carbons (Fsp3) is 0.562. The number of likely N-dealkylation sites (tertiary alicyclic amines) is 1. The minimum absolute atomic E-state index is 0.131. The molecule has 0 bridgehead atoms. The Morgan fingerprint density at radius 1 is 1.23 bits per heavy atom. The first kappa shape index (κ1) is 16.4. The highest BCUT2D eigenvalue weighted by Gasteiger charge is 2.21. The molecule has 1 unspecified atom stereocenters. The molecule has 1 aliphatic rings. The Kier molecular flexibility index (Phi) is 5.49. The molecule has 6 nitrogen and oxygen atoms in total. The summed E-state index contributed by atoms with van der Waals surface area (Å²) in [6, 6.07) is 3.33. The smallest absolute Gasteiger partial charge is 0.251 e. The van der Waals surface area contributed by atoms with Gasteiger partial charge in [-0.3, -0.25) is 4.79 Å². The van der Waals surface area contributed by atoms with E-state index in [-0.39, 0.29) is 5.91 Å². The number of rotatable bonds is 6. The number of carbonyl (C=O) groups excluding carboxylic acids is 1. The number of carbonyl (C=O) groups is 1. The molecule has 122 valence electrons. The lowest BCUT2D eigenvalue weighted by molar-refractivity contribution is 0.0946. The van der Waals surface area contributed by atoms with E-state index in [0.29, 0.717) is 35.3 Å². The molecule has 6 heteroatoms. The third kappa shape index (κ3) is 3.62. The van der Waals surface area contributed by atoms with Crippen LogP contribution in [0.3, 0.4) is 0 Å². The maximum Gasteiger partial charge on any atom is 0.251 e. The molecule has 1 aromatic carbocycles. The molecular weight excluding hydrogens is 284 g/mol. The molecule has 0 spiro atoms. The first-order valence-corrected chi connectivity index (χ1v) is 7.35. The predicted octanol–water partition coefficient (Wildman–Crippen LogP) is 1.39. The molecule has 0 saturated carbocycles. The van der Waals surface area contributed by atoms with Crippen LogP contribution < -0.4 is 19.5 Å². The number of hydrogen-bond donors (Lipinski definition) is 1. The molecule has 1 N–H and O–H groups in total. The molecule has 1 aliphatic heterocycles. The van der Waals surface area contributed by atoms with Crippen LogP contribution in [-0.2, 0) is 0 Å². The average Bonchev–Trinajstić information content (AvgIpc) is 2.96. The van der Waals surface area contributed by atoms with Crippen LogP contribution >= 0.6 is 0 Å². The maximum atomic E-state index is 12.3. The van der Waals surface area contributed by atoms with Crippen LogP contribution in [0, 0.1) is 5.92 Å². The van der Waals surface area contributed by atoms with E-state index in [1.54, 1.807) is 12.1 Å². The fourth-order valence-electron chi connectivity index (χ4n) is 2.74. The van der Waals surface area contributed by atoms with Crippen molar-refractivity contribution in [2.45, 2.75) is 6.42 Å². The van der Waals surface area contributed by atoms with Crippen LogP contribution in [0.2, 0.25) is 0 Å². The van der Waals surface area contributed by atoms with Crippen molar-refractivity contribution >= 4 is 5.91 Å². The van der Waals surface area contributed by atoms with E-state index in [9.17, 15) is 4.79 Å². The van der Waals surface area contributed by atoms with Crippen molar-refractivity contribution < 1.29 is 19.0 Å². The summed E-state index contributed by atoms with van der Waals surface area (Å²) in [6.07, 6.45) is 1.12. The number of benzene rings is 1. The highest BCUT2D eigenvalue weighted by atomic mass is 16.5. The number of methoxy groups -OCH3 is 3. The van der Waals surface area contributed by atoms with E-state index in [1.807, 2.05) is 0 Å². The normalized spacial score (nSPS) is 18.1. The van der Waals surface area contributed by atoms with Gasteiger partial charge in [-0.25, -0.2) is 0 Å². The quantitative estimate of drug-likeness (QED) is 0.860. The van der Waals surface area contributed by atoms with Gasteiger partial charge in [0, 0.05) is 18.7 Å². The zero-order valence-corrected chi connectivity index (χ0v) is 13.6. The molecule has 22 heavy (non-hydrogen) atoms. The number of nitrogens with one attached hydrogen (secondary N) is 1. The van der Waals surface area contributed by atoms with Gasteiger partial charge in [0.1, 0.15) is 0 Å². The van der Waals surface area contributed by atoms with Crippen molar-refractivity contribution in [2.24, 2.45) is 5.92 Å². The number of nitrogens with zero attached hydrogens (tertiary/aromatic N) is 1. The summed E-state index contributed by atoms with van der Waals surface area (Å²) in [7, 11) is 6.71. The highest BCUT2D eigenvalue weighted by Crippen LogP contribution is 2.38. The van der Waals surface area contributed by atoms with Crippen LogP contribution in [-0.4, -0.2) is 58.8 Å². The van der Waals surface area contributed by atoms with Gasteiger partial charge in [0.15, 0.2) is 11.5 Å². The van der Waals surface area contributed by atoms with Crippen molar-refractivity contribution in [3.63, 3.8) is 0 Å². The summed E-state index contributed by atoms with van der Waals surface area (Å²) in [4.78, 5) is 14.6. The topological polar surface area (TPSA) is 60.0 Å². The fourth-order valence-corrected chi connectivity index (χ4v) is 2.74. The molecular formula is C16H24N2O4. The van der Waals surface area contributed by atoms with Gasteiger partial charge in [0.2, 0.25) is 5.75 Å². The Hall–Kier alpha value is -1.95. The molecule has 0 radical (unpaired) electrons. The zero-order valence-electron chi connectivity index (χ0n) is 13.6. The molecule has 1 heterocycles. The van der Waals surface area contributed by atoms with E-state index in [0.717, 1.165) is 19.5 Å². The summed E-state index contributed by atoms with van der Waals surface area (Å²) >= 11 is 0. The van der Waals surface area contributed by atoms with E-state index >= 15 is 0 Å². The third-order valence-electron chi connectivity index (χ3n) is 3.97. The molecule has 1 atom stereocenters. The summed E-state index contributed by atoms with van der Waals surface area (Å²) in [5.74, 6) is 1.82. The minimum Gasteiger partial charge on any atom is -0.493 e. The Bertz CT molecular complexity index is 508. The van der Waals surface area contributed by atoms with Gasteiger partial charge < -0.3 is 24.4 Å². The SMILES string of the molecule is COc1cc(C(=O)NCC2CCN(C)C2)cc(OC)c1OC. The van der Waals surface area contributed by atoms with Crippen LogP contribution in [0.15, 0.2) is 12.1 Å². The number of hydrogen-bond acceptors (Lipinski definition) is 5. The molecule has 2 rings (SSSR count). The Labute approximate surface area is 131 Å². The van der Waals surface area contributed by atoms with Crippen LogP contribution in [0.5, 0.6) is 17.2 Å². The van der Waals surface area contributed by atoms with E-state index in [1.165, 1.54) is 21.3 Å². The summed E-state index contributed by atoms with van der Waals surface area (Å²) < 4.78 is 15.8. The van der Waals surface area contributed by atoms with E-state index < -0.39 is 0 Å². The minimum atomic E-state index is -0.131. The van der Waals surface area contributed by atoms with Gasteiger partial charge in [-0.1, -0.05) is 0 Å². The lowest BCUT2D eigenvalue weighted by Crippen LogP contribution is -2.30. The van der Waals surface area contributed by atoms with Crippen LogP contribution in [0.1, 0.15) is 16.8 Å². The van der Waals surface area contributed by atoms with Gasteiger partial charge in [-0.15, -0.1) is 0 Å². The van der Waals surface area contributed by atoms with Gasteiger partial charge >= 0.3 is 0 Å². The first-order valence-electron chi connectivity index (χ1n) is 7.35. The molecule has 1 saturated heterocycles. The van der Waals surface area contributed by atoms with Crippen LogP contribution in [0.25, 0.3) is 0 Å². The van der Waals surface area contributed by atoms with Crippen molar-refractivity contribution in [1.82, 2.24) is 10.2 Å². The van der Waals surface area contributed by atoms with E-state index in [2.05, 4.69) is 17.3 Å². The predicted molar refractivity (Wildman–Crippen MR) is 84.0 cm³/mol. The molecule has 1 fully saturated rings. The van der Waals surface area contributed by atoms with Crippen molar-refractivity contribution in [2.75, 3.05) is 48.0 Å². The Morgan fingerprint density at radius 2 is 1.86 bits per heavy atom. The first-order chi connectivity index (χ1) is 10.6. The zero-order chi connectivity index (χ0) is 16.1. The van der Waals surface area contributed by atoms with Gasteiger partial charge in [0.05, 0.1) is 21.3 Å². The second-order valence-corrected chi connectivity index (χ2v) is 5.54. The Morgan fingerprint density at radius 3 is 2.32 bits per heavy atom. The lowest BCUT2D eigenvalue weighted by atomic mass is 10.1. The second-order valence-electron chi connectivity index (χ2n) is 5.54. The maximum absolute atomic E-state index is 12.3. The second kappa shape index (κ2) is 7.35. The lowest BCUT2D eigenvalue weighted by Gasteiger charge is -2.15. The number of amides is 1.